The highest BCUT2D eigenvalue weighted by Gasteiger charge is 2.13. The molecular weight excluding hydrogens is 222 g/mol. The van der Waals surface area contributed by atoms with Gasteiger partial charge in [0.25, 0.3) is 0 Å². The first-order valence-electron chi connectivity index (χ1n) is 7.15. The molecule has 2 heterocycles. The van der Waals surface area contributed by atoms with Crippen LogP contribution in [0.4, 0.5) is 0 Å². The highest BCUT2D eigenvalue weighted by Crippen LogP contribution is 2.25. The fourth-order valence-corrected chi connectivity index (χ4v) is 2.41. The number of aromatic amines is 1. The number of pyridine rings is 1. The third-order valence-electron chi connectivity index (χ3n) is 3.56. The van der Waals surface area contributed by atoms with Crippen molar-refractivity contribution in [3.8, 4) is 0 Å². The zero-order valence-electron chi connectivity index (χ0n) is 11.4. The lowest BCUT2D eigenvalue weighted by atomic mass is 9.97. The molecule has 0 spiro atoms. The Kier molecular flexibility index (Phi) is 4.73. The second-order valence-corrected chi connectivity index (χ2v) is 4.95. The van der Waals surface area contributed by atoms with Gasteiger partial charge in [0.05, 0.1) is 0 Å². The van der Waals surface area contributed by atoms with E-state index in [0.29, 0.717) is 5.92 Å². The Bertz CT molecular complexity index is 442. The largest absolute Gasteiger partial charge is 0.326 e. The summed E-state index contributed by atoms with van der Waals surface area (Å²) in [6, 6.07) is 3.96. The van der Waals surface area contributed by atoms with Gasteiger partial charge in [0.15, 0.2) is 5.65 Å². The minimum Gasteiger partial charge on any atom is -0.326 e. The van der Waals surface area contributed by atoms with Gasteiger partial charge in [0.1, 0.15) is 11.3 Å². The third-order valence-corrected chi connectivity index (χ3v) is 3.56. The molecule has 0 aromatic carbocycles. The predicted molar refractivity (Wildman–Crippen MR) is 75.7 cm³/mol. The van der Waals surface area contributed by atoms with Crippen molar-refractivity contribution in [3.05, 3.63) is 24.2 Å². The Balaban J connectivity index is 2.02. The van der Waals surface area contributed by atoms with E-state index in [1.54, 1.807) is 0 Å². The molecule has 0 aliphatic heterocycles. The van der Waals surface area contributed by atoms with Crippen LogP contribution in [-0.2, 0) is 0 Å². The van der Waals surface area contributed by atoms with E-state index in [2.05, 4.69) is 28.8 Å². The van der Waals surface area contributed by atoms with E-state index in [1.807, 2.05) is 18.3 Å². The van der Waals surface area contributed by atoms with Crippen molar-refractivity contribution < 1.29 is 0 Å². The summed E-state index contributed by atoms with van der Waals surface area (Å²) in [4.78, 5) is 12.3. The van der Waals surface area contributed by atoms with Gasteiger partial charge in [0.2, 0.25) is 0 Å². The van der Waals surface area contributed by atoms with Crippen LogP contribution in [-0.4, -0.2) is 15.0 Å². The van der Waals surface area contributed by atoms with E-state index in [4.69, 9.17) is 0 Å². The second-order valence-electron chi connectivity index (χ2n) is 4.95. The average Bonchev–Trinajstić information content (AvgIpc) is 2.82. The van der Waals surface area contributed by atoms with Gasteiger partial charge in [-0.25, -0.2) is 9.97 Å². The van der Waals surface area contributed by atoms with Crippen LogP contribution in [0.15, 0.2) is 18.3 Å². The first-order valence-corrected chi connectivity index (χ1v) is 7.15. The highest BCUT2D eigenvalue weighted by atomic mass is 15.0. The molecule has 1 unspecified atom stereocenters. The SMILES string of the molecule is CCCCCCC(CC)c1nc2cccnc2[nH]1. The van der Waals surface area contributed by atoms with Gasteiger partial charge in [-0.05, 0) is 25.0 Å². The first kappa shape index (κ1) is 13.1. The Morgan fingerprint density at radius 1 is 1.22 bits per heavy atom. The lowest BCUT2D eigenvalue weighted by Gasteiger charge is -2.11. The van der Waals surface area contributed by atoms with Gasteiger partial charge in [-0.1, -0.05) is 39.5 Å². The molecule has 18 heavy (non-hydrogen) atoms. The number of nitrogens with one attached hydrogen (secondary N) is 1. The Morgan fingerprint density at radius 3 is 2.83 bits per heavy atom. The van der Waals surface area contributed by atoms with E-state index < -0.39 is 0 Å². The van der Waals surface area contributed by atoms with Crippen LogP contribution < -0.4 is 0 Å². The number of imidazole rings is 1. The smallest absolute Gasteiger partial charge is 0.157 e. The Labute approximate surface area is 109 Å². The molecule has 0 amide bonds. The summed E-state index contributed by atoms with van der Waals surface area (Å²) in [6.07, 6.45) is 9.47. The number of hydrogen-bond acceptors (Lipinski definition) is 2. The van der Waals surface area contributed by atoms with Crippen molar-refractivity contribution >= 4 is 11.2 Å². The zero-order chi connectivity index (χ0) is 12.8. The number of rotatable bonds is 7. The van der Waals surface area contributed by atoms with Crippen LogP contribution >= 0.6 is 0 Å². The van der Waals surface area contributed by atoms with E-state index >= 15 is 0 Å². The summed E-state index contributed by atoms with van der Waals surface area (Å²) in [5.41, 5.74) is 1.90. The van der Waals surface area contributed by atoms with E-state index in [9.17, 15) is 0 Å². The fourth-order valence-electron chi connectivity index (χ4n) is 2.41. The monoisotopic (exact) mass is 245 g/mol. The molecule has 2 aromatic heterocycles. The maximum absolute atomic E-state index is 4.66. The molecule has 2 rings (SSSR count). The number of aromatic nitrogens is 3. The van der Waals surface area contributed by atoms with Crippen molar-refractivity contribution in [2.24, 2.45) is 0 Å². The molecule has 0 fully saturated rings. The molecule has 0 saturated carbocycles. The fraction of sp³-hybridized carbons (Fsp3) is 0.600. The van der Waals surface area contributed by atoms with Gasteiger partial charge in [0, 0.05) is 12.1 Å². The number of fused-ring (bicyclic) bond motifs is 1. The number of H-pyrrole nitrogens is 1. The predicted octanol–water partition coefficient (Wildman–Crippen LogP) is 4.42. The molecule has 1 N–H and O–H groups in total. The normalized spacial score (nSPS) is 13.0. The molecule has 0 aliphatic rings. The van der Waals surface area contributed by atoms with Gasteiger partial charge in [-0.2, -0.15) is 0 Å². The lowest BCUT2D eigenvalue weighted by molar-refractivity contribution is 0.526. The van der Waals surface area contributed by atoms with E-state index in [0.717, 1.165) is 23.4 Å². The zero-order valence-corrected chi connectivity index (χ0v) is 11.4. The molecule has 3 heteroatoms. The first-order chi connectivity index (χ1) is 8.85. The molecule has 0 radical (unpaired) electrons. The number of hydrogen-bond donors (Lipinski definition) is 1. The topological polar surface area (TPSA) is 41.6 Å². The van der Waals surface area contributed by atoms with Crippen LogP contribution in [0.5, 0.6) is 0 Å². The van der Waals surface area contributed by atoms with Gasteiger partial charge < -0.3 is 4.98 Å². The molecule has 0 bridgehead atoms. The van der Waals surface area contributed by atoms with Crippen molar-refractivity contribution in [1.29, 1.82) is 0 Å². The third kappa shape index (κ3) is 3.09. The van der Waals surface area contributed by atoms with Crippen LogP contribution in [0.2, 0.25) is 0 Å². The molecule has 0 saturated heterocycles. The molecular formula is C15H23N3. The molecule has 0 aliphatic carbocycles. The summed E-state index contributed by atoms with van der Waals surface area (Å²) < 4.78 is 0. The van der Waals surface area contributed by atoms with Crippen LogP contribution in [0.25, 0.3) is 11.2 Å². The van der Waals surface area contributed by atoms with Crippen LogP contribution in [0.1, 0.15) is 64.1 Å². The van der Waals surface area contributed by atoms with E-state index in [1.165, 1.54) is 32.1 Å². The molecule has 98 valence electrons. The quantitative estimate of drug-likeness (QED) is 0.733. The van der Waals surface area contributed by atoms with Crippen LogP contribution in [0, 0.1) is 0 Å². The Hall–Kier alpha value is -1.38. The van der Waals surface area contributed by atoms with Crippen molar-refractivity contribution in [3.63, 3.8) is 0 Å². The highest BCUT2D eigenvalue weighted by molar-refractivity contribution is 5.70. The molecule has 3 nitrogen and oxygen atoms in total. The maximum Gasteiger partial charge on any atom is 0.157 e. The minimum absolute atomic E-state index is 0.552. The van der Waals surface area contributed by atoms with Crippen molar-refractivity contribution in [2.45, 2.75) is 58.3 Å². The number of nitrogens with zero attached hydrogens (tertiary/aromatic N) is 2. The Morgan fingerprint density at radius 2 is 2.11 bits per heavy atom. The standard InChI is InChI=1S/C15H23N3/c1-3-5-6-7-9-12(4-2)14-17-13-10-8-11-16-15(13)18-14/h8,10-12H,3-7,9H2,1-2H3,(H,16,17,18). The molecule has 2 aromatic rings. The van der Waals surface area contributed by atoms with Crippen molar-refractivity contribution in [2.75, 3.05) is 0 Å². The van der Waals surface area contributed by atoms with Gasteiger partial charge in [-0.15, -0.1) is 0 Å². The summed E-state index contributed by atoms with van der Waals surface area (Å²) in [5.74, 6) is 1.67. The molecule has 1 atom stereocenters. The lowest BCUT2D eigenvalue weighted by Crippen LogP contribution is -2.00. The van der Waals surface area contributed by atoms with E-state index in [-0.39, 0.29) is 0 Å². The second kappa shape index (κ2) is 6.53. The summed E-state index contributed by atoms with van der Waals surface area (Å²) in [6.45, 7) is 4.49. The van der Waals surface area contributed by atoms with Gasteiger partial charge in [-0.3, -0.25) is 0 Å². The van der Waals surface area contributed by atoms with Crippen LogP contribution in [0.3, 0.4) is 0 Å². The van der Waals surface area contributed by atoms with Gasteiger partial charge >= 0.3 is 0 Å². The minimum atomic E-state index is 0.552. The summed E-state index contributed by atoms with van der Waals surface area (Å²) >= 11 is 0. The average molecular weight is 245 g/mol. The summed E-state index contributed by atoms with van der Waals surface area (Å²) in [5, 5.41) is 0. The summed E-state index contributed by atoms with van der Waals surface area (Å²) in [7, 11) is 0. The maximum atomic E-state index is 4.66. The van der Waals surface area contributed by atoms with Crippen molar-refractivity contribution in [1.82, 2.24) is 15.0 Å². The number of unbranched alkanes of at least 4 members (excludes halogenated alkanes) is 3.